The summed E-state index contributed by atoms with van der Waals surface area (Å²) in [5.74, 6) is 2.81. The number of halogens is 1. The van der Waals surface area contributed by atoms with Gasteiger partial charge in [0.15, 0.2) is 5.96 Å². The van der Waals surface area contributed by atoms with Gasteiger partial charge in [0.2, 0.25) is 0 Å². The zero-order chi connectivity index (χ0) is 17.6. The number of nitrogens with one attached hydrogen (secondary N) is 2. The Hall–Kier alpha value is -0.900. The number of ether oxygens (including phenoxy) is 1. The van der Waals surface area contributed by atoms with Gasteiger partial charge in [0.25, 0.3) is 0 Å². The van der Waals surface area contributed by atoms with Crippen LogP contribution in [0.3, 0.4) is 0 Å². The number of esters is 1. The molecule has 0 amide bonds. The molecule has 1 unspecified atom stereocenters. The molecule has 8 heteroatoms. The summed E-state index contributed by atoms with van der Waals surface area (Å²) in [6.07, 6.45) is 2.50. The Morgan fingerprint density at radius 3 is 2.84 bits per heavy atom. The van der Waals surface area contributed by atoms with Crippen LogP contribution in [0.5, 0.6) is 0 Å². The van der Waals surface area contributed by atoms with Crippen LogP contribution in [0, 0.1) is 6.92 Å². The van der Waals surface area contributed by atoms with Gasteiger partial charge in [-0.1, -0.05) is 0 Å². The van der Waals surface area contributed by atoms with Crippen LogP contribution in [0.4, 0.5) is 0 Å². The van der Waals surface area contributed by atoms with Crippen molar-refractivity contribution in [3.05, 3.63) is 23.2 Å². The fourth-order valence-corrected chi connectivity index (χ4v) is 3.92. The lowest BCUT2D eigenvalue weighted by Crippen LogP contribution is -2.43. The highest BCUT2D eigenvalue weighted by molar-refractivity contribution is 14.0. The van der Waals surface area contributed by atoms with Gasteiger partial charge in [-0.2, -0.15) is 11.8 Å². The van der Waals surface area contributed by atoms with Crippen molar-refractivity contribution in [3.8, 4) is 0 Å². The first-order valence-corrected chi connectivity index (χ1v) is 9.30. The minimum absolute atomic E-state index is 0. The SMILES string of the molecule is CCNC(=NCc1cc(C(=O)OC)c(C)o1)NCC1(C)CCCS1.I. The second-order valence-corrected chi connectivity index (χ2v) is 7.81. The number of aliphatic imine (C=N–C) groups is 1. The summed E-state index contributed by atoms with van der Waals surface area (Å²) < 4.78 is 10.6. The van der Waals surface area contributed by atoms with Gasteiger partial charge in [-0.05, 0) is 45.4 Å². The van der Waals surface area contributed by atoms with Gasteiger partial charge in [-0.25, -0.2) is 9.79 Å². The normalized spacial score (nSPS) is 20.1. The lowest BCUT2D eigenvalue weighted by Gasteiger charge is -2.24. The van der Waals surface area contributed by atoms with E-state index >= 15 is 0 Å². The Balaban J connectivity index is 0.00000312. The van der Waals surface area contributed by atoms with Crippen molar-refractivity contribution < 1.29 is 13.9 Å². The zero-order valence-electron chi connectivity index (χ0n) is 15.3. The molecule has 1 saturated heterocycles. The van der Waals surface area contributed by atoms with Crippen molar-refractivity contribution in [3.63, 3.8) is 0 Å². The third-order valence-corrected chi connectivity index (χ3v) is 5.58. The molecule has 142 valence electrons. The molecule has 1 aromatic rings. The molecule has 1 atom stereocenters. The molecule has 1 aliphatic rings. The molecule has 25 heavy (non-hydrogen) atoms. The largest absolute Gasteiger partial charge is 0.465 e. The smallest absolute Gasteiger partial charge is 0.341 e. The molecule has 1 aliphatic heterocycles. The van der Waals surface area contributed by atoms with Crippen LogP contribution in [-0.2, 0) is 11.3 Å². The number of carbonyl (C=O) groups is 1. The summed E-state index contributed by atoms with van der Waals surface area (Å²) in [4.78, 5) is 16.2. The summed E-state index contributed by atoms with van der Waals surface area (Å²) >= 11 is 2.02. The zero-order valence-corrected chi connectivity index (χ0v) is 18.5. The monoisotopic (exact) mass is 481 g/mol. The first kappa shape index (κ1) is 22.1. The van der Waals surface area contributed by atoms with Crippen LogP contribution in [-0.4, -0.2) is 42.6 Å². The van der Waals surface area contributed by atoms with Gasteiger partial charge < -0.3 is 19.8 Å². The van der Waals surface area contributed by atoms with Crippen molar-refractivity contribution in [2.45, 2.75) is 44.9 Å². The fourth-order valence-electron chi connectivity index (χ4n) is 2.68. The molecule has 0 radical (unpaired) electrons. The number of hydrogen-bond donors (Lipinski definition) is 2. The second-order valence-electron chi connectivity index (χ2n) is 6.12. The average Bonchev–Trinajstić information content (AvgIpc) is 3.16. The highest BCUT2D eigenvalue weighted by Crippen LogP contribution is 2.36. The number of carbonyl (C=O) groups excluding carboxylic acids is 1. The maximum Gasteiger partial charge on any atom is 0.341 e. The highest BCUT2D eigenvalue weighted by atomic mass is 127. The molecule has 1 fully saturated rings. The van der Waals surface area contributed by atoms with E-state index in [2.05, 4.69) is 22.5 Å². The molecule has 0 saturated carbocycles. The van der Waals surface area contributed by atoms with Gasteiger partial charge >= 0.3 is 5.97 Å². The van der Waals surface area contributed by atoms with Gasteiger partial charge in [0.05, 0.1) is 7.11 Å². The molecule has 1 aromatic heterocycles. The number of rotatable bonds is 6. The van der Waals surface area contributed by atoms with Crippen LogP contribution in [0.25, 0.3) is 0 Å². The van der Waals surface area contributed by atoms with Gasteiger partial charge in [-0.3, -0.25) is 0 Å². The maximum absolute atomic E-state index is 11.6. The van der Waals surface area contributed by atoms with Gasteiger partial charge in [0, 0.05) is 17.8 Å². The molecular weight excluding hydrogens is 453 g/mol. The molecule has 0 aromatic carbocycles. The number of thioether (sulfide) groups is 1. The van der Waals surface area contributed by atoms with Crippen molar-refractivity contribution in [2.75, 3.05) is 26.0 Å². The first-order valence-electron chi connectivity index (χ1n) is 8.31. The molecule has 2 rings (SSSR count). The van der Waals surface area contributed by atoms with E-state index in [1.807, 2.05) is 18.7 Å². The Morgan fingerprint density at radius 2 is 2.24 bits per heavy atom. The predicted octanol–water partition coefficient (Wildman–Crippen LogP) is 3.33. The van der Waals surface area contributed by atoms with Crippen LogP contribution in [0.2, 0.25) is 0 Å². The van der Waals surface area contributed by atoms with E-state index in [0.29, 0.717) is 23.6 Å². The van der Waals surface area contributed by atoms with E-state index in [-0.39, 0.29) is 34.7 Å². The number of aryl methyl sites for hydroxylation is 1. The molecule has 6 nitrogen and oxygen atoms in total. The summed E-state index contributed by atoms with van der Waals surface area (Å²) in [5.41, 5.74) is 0.454. The van der Waals surface area contributed by atoms with E-state index < -0.39 is 0 Å². The Kier molecular flexibility index (Phi) is 9.12. The Morgan fingerprint density at radius 1 is 1.48 bits per heavy atom. The summed E-state index contributed by atoms with van der Waals surface area (Å²) in [5, 5.41) is 6.66. The fraction of sp³-hybridized carbons (Fsp3) is 0.647. The first-order chi connectivity index (χ1) is 11.5. The minimum Gasteiger partial charge on any atom is -0.465 e. The molecule has 0 spiro atoms. The van der Waals surface area contributed by atoms with E-state index in [4.69, 9.17) is 9.15 Å². The highest BCUT2D eigenvalue weighted by Gasteiger charge is 2.29. The van der Waals surface area contributed by atoms with Crippen molar-refractivity contribution in [1.82, 2.24) is 10.6 Å². The van der Waals surface area contributed by atoms with E-state index in [1.165, 1.54) is 25.7 Å². The van der Waals surface area contributed by atoms with Crippen LogP contribution < -0.4 is 10.6 Å². The van der Waals surface area contributed by atoms with Crippen molar-refractivity contribution >= 4 is 47.7 Å². The average molecular weight is 481 g/mol. The minimum atomic E-state index is -0.386. The molecule has 2 N–H and O–H groups in total. The lowest BCUT2D eigenvalue weighted by atomic mass is 10.1. The maximum atomic E-state index is 11.6. The van der Waals surface area contributed by atoms with E-state index in [1.54, 1.807) is 13.0 Å². The van der Waals surface area contributed by atoms with Gasteiger partial charge in [-0.15, -0.1) is 24.0 Å². The second kappa shape index (κ2) is 10.3. The summed E-state index contributed by atoms with van der Waals surface area (Å²) in [6, 6.07) is 1.70. The number of hydrogen-bond acceptors (Lipinski definition) is 5. The molecule has 0 aliphatic carbocycles. The number of nitrogens with zero attached hydrogens (tertiary/aromatic N) is 1. The van der Waals surface area contributed by atoms with Crippen molar-refractivity contribution in [2.24, 2.45) is 4.99 Å². The lowest BCUT2D eigenvalue weighted by molar-refractivity contribution is 0.0599. The third-order valence-electron chi connectivity index (χ3n) is 4.04. The number of guanidine groups is 1. The van der Waals surface area contributed by atoms with Crippen LogP contribution in [0.15, 0.2) is 15.5 Å². The topological polar surface area (TPSA) is 75.9 Å². The molecule has 2 heterocycles. The predicted molar refractivity (Wildman–Crippen MR) is 113 cm³/mol. The van der Waals surface area contributed by atoms with E-state index in [9.17, 15) is 4.79 Å². The standard InChI is InChI=1S/C17H27N3O3S.HI/c1-5-18-16(20-11-17(3)7-6-8-24-17)19-10-13-9-14(12(2)23-13)15(21)22-4;/h9H,5-8,10-11H2,1-4H3,(H2,18,19,20);1H. The number of methoxy groups -OCH3 is 1. The van der Waals surface area contributed by atoms with Gasteiger partial charge in [0.1, 0.15) is 23.6 Å². The van der Waals surface area contributed by atoms with Crippen LogP contribution >= 0.6 is 35.7 Å². The van der Waals surface area contributed by atoms with E-state index in [0.717, 1.165) is 19.0 Å². The molecular formula is C17H28IN3O3S. The quantitative estimate of drug-likeness (QED) is 0.281. The van der Waals surface area contributed by atoms with Crippen LogP contribution in [0.1, 0.15) is 48.6 Å². The Bertz CT molecular complexity index is 598. The molecule has 0 bridgehead atoms. The van der Waals surface area contributed by atoms with Crippen molar-refractivity contribution in [1.29, 1.82) is 0 Å². The Labute approximate surface area is 171 Å². The number of furan rings is 1. The summed E-state index contributed by atoms with van der Waals surface area (Å²) in [6.45, 7) is 8.13. The third kappa shape index (κ3) is 6.40. The summed E-state index contributed by atoms with van der Waals surface area (Å²) in [7, 11) is 1.36.